The van der Waals surface area contributed by atoms with E-state index in [1.54, 1.807) is 0 Å². The molecule has 1 fully saturated rings. The van der Waals surface area contributed by atoms with Gasteiger partial charge in [0.2, 0.25) is 0 Å². The highest BCUT2D eigenvalue weighted by Crippen LogP contribution is 2.38. The summed E-state index contributed by atoms with van der Waals surface area (Å²) in [6.07, 6.45) is -4.36. The molecule has 0 aromatic heterocycles. The van der Waals surface area contributed by atoms with Crippen molar-refractivity contribution in [3.63, 3.8) is 0 Å². The predicted molar refractivity (Wildman–Crippen MR) is 64.4 cm³/mol. The minimum atomic E-state index is -4.36. The number of rotatable bonds is 2. The van der Waals surface area contributed by atoms with E-state index in [9.17, 15) is 17.6 Å². The van der Waals surface area contributed by atoms with Gasteiger partial charge in [0.15, 0.2) is 0 Å². The number of nitrogens with one attached hydrogen (secondary N) is 1. The maximum Gasteiger partial charge on any atom is 0.408 e. The first kappa shape index (κ1) is 14.3. The first-order chi connectivity index (χ1) is 8.89. The first-order valence-electron chi connectivity index (χ1n) is 6.17. The van der Waals surface area contributed by atoms with Crippen molar-refractivity contribution in [1.82, 2.24) is 10.2 Å². The molecule has 0 unspecified atom stereocenters. The molecule has 1 atom stereocenters. The quantitative estimate of drug-likeness (QED) is 0.835. The molecule has 1 heterocycles. The van der Waals surface area contributed by atoms with Crippen molar-refractivity contribution in [1.29, 1.82) is 0 Å². The molecule has 0 saturated carbocycles. The Balaban J connectivity index is 2.33. The van der Waals surface area contributed by atoms with E-state index in [0.29, 0.717) is 26.2 Å². The van der Waals surface area contributed by atoms with E-state index in [2.05, 4.69) is 5.32 Å². The molecule has 0 bridgehead atoms. The largest absolute Gasteiger partial charge is 0.408 e. The fourth-order valence-electron chi connectivity index (χ4n) is 2.39. The van der Waals surface area contributed by atoms with Gasteiger partial charge >= 0.3 is 6.18 Å². The SMILES string of the molecule is Cc1cc([C@H](N2CCNCC2)C(F)(F)F)ccc1F. The van der Waals surface area contributed by atoms with Crippen molar-refractivity contribution < 1.29 is 17.6 Å². The van der Waals surface area contributed by atoms with Crippen LogP contribution in [-0.4, -0.2) is 37.3 Å². The third-order valence-electron chi connectivity index (χ3n) is 3.32. The van der Waals surface area contributed by atoms with Crippen molar-refractivity contribution in [3.05, 3.63) is 35.1 Å². The lowest BCUT2D eigenvalue weighted by molar-refractivity contribution is -0.187. The molecule has 106 valence electrons. The van der Waals surface area contributed by atoms with Crippen LogP contribution in [0.5, 0.6) is 0 Å². The van der Waals surface area contributed by atoms with Crippen LogP contribution >= 0.6 is 0 Å². The molecule has 0 spiro atoms. The van der Waals surface area contributed by atoms with Crippen LogP contribution in [0.1, 0.15) is 17.2 Å². The molecule has 1 aromatic carbocycles. The first-order valence-corrected chi connectivity index (χ1v) is 6.17. The highest BCUT2D eigenvalue weighted by molar-refractivity contribution is 5.27. The third kappa shape index (κ3) is 3.25. The topological polar surface area (TPSA) is 15.3 Å². The summed E-state index contributed by atoms with van der Waals surface area (Å²) in [7, 11) is 0. The number of hydrogen-bond acceptors (Lipinski definition) is 2. The summed E-state index contributed by atoms with van der Waals surface area (Å²) in [5.41, 5.74) is 0.343. The minimum Gasteiger partial charge on any atom is -0.314 e. The summed E-state index contributed by atoms with van der Waals surface area (Å²) in [5.74, 6) is -0.481. The fourth-order valence-corrected chi connectivity index (χ4v) is 2.39. The number of benzene rings is 1. The van der Waals surface area contributed by atoms with E-state index in [-0.39, 0.29) is 11.1 Å². The Bertz CT molecular complexity index is 439. The lowest BCUT2D eigenvalue weighted by Crippen LogP contribution is -2.49. The van der Waals surface area contributed by atoms with Crippen molar-refractivity contribution in [2.75, 3.05) is 26.2 Å². The van der Waals surface area contributed by atoms with E-state index < -0.39 is 18.0 Å². The van der Waals surface area contributed by atoms with Gasteiger partial charge in [-0.3, -0.25) is 4.90 Å². The van der Waals surface area contributed by atoms with Crippen LogP contribution in [0, 0.1) is 12.7 Å². The van der Waals surface area contributed by atoms with Gasteiger partial charge in [-0.2, -0.15) is 13.2 Å². The molecule has 1 aliphatic heterocycles. The van der Waals surface area contributed by atoms with Crippen molar-refractivity contribution in [2.24, 2.45) is 0 Å². The van der Waals surface area contributed by atoms with Crippen LogP contribution in [-0.2, 0) is 0 Å². The Hall–Kier alpha value is -1.14. The van der Waals surface area contributed by atoms with E-state index >= 15 is 0 Å². The van der Waals surface area contributed by atoms with Crippen molar-refractivity contribution >= 4 is 0 Å². The predicted octanol–water partition coefficient (Wildman–Crippen LogP) is 2.64. The Kier molecular flexibility index (Phi) is 4.10. The standard InChI is InChI=1S/C13H16F4N2/c1-9-8-10(2-3-11(9)14)12(13(15,16)17)19-6-4-18-5-7-19/h2-3,8,12,18H,4-7H2,1H3/t12-/m0/s1. The highest BCUT2D eigenvalue weighted by Gasteiger charge is 2.44. The summed E-state index contributed by atoms with van der Waals surface area (Å²) < 4.78 is 53.0. The zero-order valence-corrected chi connectivity index (χ0v) is 10.6. The smallest absolute Gasteiger partial charge is 0.314 e. The number of hydrogen-bond donors (Lipinski definition) is 1. The van der Waals surface area contributed by atoms with Gasteiger partial charge in [-0.15, -0.1) is 0 Å². The molecule has 1 aromatic rings. The summed E-state index contributed by atoms with van der Waals surface area (Å²) in [5, 5.41) is 3.02. The molecule has 1 N–H and O–H groups in total. The summed E-state index contributed by atoms with van der Waals surface area (Å²) in [4.78, 5) is 1.39. The molecule has 1 saturated heterocycles. The highest BCUT2D eigenvalue weighted by atomic mass is 19.4. The van der Waals surface area contributed by atoms with Gasteiger partial charge in [-0.05, 0) is 24.1 Å². The maximum absolute atomic E-state index is 13.3. The van der Waals surface area contributed by atoms with E-state index in [4.69, 9.17) is 0 Å². The number of halogens is 4. The molecular formula is C13H16F4N2. The monoisotopic (exact) mass is 276 g/mol. The second kappa shape index (κ2) is 5.46. The molecule has 0 aliphatic carbocycles. The maximum atomic E-state index is 13.3. The average molecular weight is 276 g/mol. The zero-order chi connectivity index (χ0) is 14.0. The Morgan fingerprint density at radius 1 is 1.21 bits per heavy atom. The average Bonchev–Trinajstić information content (AvgIpc) is 2.34. The molecule has 1 aliphatic rings. The second-order valence-corrected chi connectivity index (χ2v) is 4.74. The van der Waals surface area contributed by atoms with Gasteiger partial charge in [0, 0.05) is 26.2 Å². The summed E-state index contributed by atoms with van der Waals surface area (Å²) >= 11 is 0. The molecule has 6 heteroatoms. The lowest BCUT2D eigenvalue weighted by atomic mass is 10.0. The Morgan fingerprint density at radius 3 is 2.37 bits per heavy atom. The van der Waals surface area contributed by atoms with Crippen LogP contribution in [0.25, 0.3) is 0 Å². The Morgan fingerprint density at radius 2 is 1.84 bits per heavy atom. The number of aryl methyl sites for hydroxylation is 1. The van der Waals surface area contributed by atoms with Gasteiger partial charge in [0.05, 0.1) is 0 Å². The third-order valence-corrected chi connectivity index (χ3v) is 3.32. The van der Waals surface area contributed by atoms with Crippen LogP contribution in [0.3, 0.4) is 0 Å². The van der Waals surface area contributed by atoms with Crippen molar-refractivity contribution in [3.8, 4) is 0 Å². The van der Waals surface area contributed by atoms with Crippen molar-refractivity contribution in [2.45, 2.75) is 19.1 Å². The summed E-state index contributed by atoms with van der Waals surface area (Å²) in [6.45, 7) is 3.21. The lowest BCUT2D eigenvalue weighted by Gasteiger charge is -2.36. The van der Waals surface area contributed by atoms with Crippen LogP contribution in [0.2, 0.25) is 0 Å². The fraction of sp³-hybridized carbons (Fsp3) is 0.538. The van der Waals surface area contributed by atoms with Gasteiger partial charge in [0.25, 0.3) is 0 Å². The van der Waals surface area contributed by atoms with Gasteiger partial charge in [-0.1, -0.05) is 12.1 Å². The van der Waals surface area contributed by atoms with Gasteiger partial charge in [0.1, 0.15) is 11.9 Å². The van der Waals surface area contributed by atoms with E-state index in [1.165, 1.54) is 24.0 Å². The number of nitrogens with zero attached hydrogens (tertiary/aromatic N) is 1. The molecule has 0 radical (unpaired) electrons. The van der Waals surface area contributed by atoms with E-state index in [1.807, 2.05) is 0 Å². The van der Waals surface area contributed by atoms with Gasteiger partial charge < -0.3 is 5.32 Å². The van der Waals surface area contributed by atoms with Gasteiger partial charge in [-0.25, -0.2) is 4.39 Å². The molecule has 2 nitrogen and oxygen atoms in total. The normalized spacial score (nSPS) is 19.4. The zero-order valence-electron chi connectivity index (χ0n) is 10.6. The van der Waals surface area contributed by atoms with E-state index in [0.717, 1.165) is 6.07 Å². The minimum absolute atomic E-state index is 0.105. The molecule has 0 amide bonds. The second-order valence-electron chi connectivity index (χ2n) is 4.74. The molecule has 2 rings (SSSR count). The van der Waals surface area contributed by atoms with Crippen LogP contribution in [0.4, 0.5) is 17.6 Å². The van der Waals surface area contributed by atoms with Crippen LogP contribution in [0.15, 0.2) is 18.2 Å². The molecule has 19 heavy (non-hydrogen) atoms. The summed E-state index contributed by atoms with van der Waals surface area (Å²) in [6, 6.07) is 1.96. The number of alkyl halides is 3. The van der Waals surface area contributed by atoms with Crippen LogP contribution < -0.4 is 5.32 Å². The number of piperazine rings is 1. The Labute approximate surface area is 109 Å². The molecular weight excluding hydrogens is 260 g/mol.